The van der Waals surface area contributed by atoms with Crippen LogP contribution in [0.25, 0.3) is 0 Å². The van der Waals surface area contributed by atoms with Gasteiger partial charge in [-0.3, -0.25) is 4.99 Å². The van der Waals surface area contributed by atoms with Gasteiger partial charge in [0, 0.05) is 19.7 Å². The van der Waals surface area contributed by atoms with E-state index in [1.807, 2.05) is 24.3 Å². The lowest BCUT2D eigenvalue weighted by Crippen LogP contribution is -2.36. The van der Waals surface area contributed by atoms with E-state index in [-0.39, 0.29) is 24.0 Å². The smallest absolute Gasteiger partial charge is 0.191 e. The van der Waals surface area contributed by atoms with Crippen molar-refractivity contribution in [1.82, 2.24) is 15.8 Å². The molecule has 0 unspecified atom stereocenters. The van der Waals surface area contributed by atoms with Gasteiger partial charge in [0.05, 0.1) is 25.5 Å². The van der Waals surface area contributed by atoms with Crippen molar-refractivity contribution in [1.29, 1.82) is 0 Å². The van der Waals surface area contributed by atoms with Crippen molar-refractivity contribution in [2.24, 2.45) is 4.99 Å². The topological polar surface area (TPSA) is 71.7 Å². The van der Waals surface area contributed by atoms with E-state index >= 15 is 0 Å². The molecule has 1 heterocycles. The molecular formula is C24H31IN4O2. The first-order chi connectivity index (χ1) is 14.6. The van der Waals surface area contributed by atoms with Gasteiger partial charge in [0.1, 0.15) is 0 Å². The molecule has 31 heavy (non-hydrogen) atoms. The number of nitrogens with zero attached hydrogens (tertiary/aromatic N) is 2. The zero-order chi connectivity index (χ0) is 21.2. The Hall–Kier alpha value is -2.39. The molecule has 0 aliphatic carbocycles. The Morgan fingerprint density at radius 1 is 0.935 bits per heavy atom. The fourth-order valence-corrected chi connectivity index (χ4v) is 2.95. The highest BCUT2D eigenvalue weighted by Gasteiger charge is 2.08. The third-order valence-electron chi connectivity index (χ3n) is 4.65. The highest BCUT2D eigenvalue weighted by molar-refractivity contribution is 14.0. The van der Waals surface area contributed by atoms with Crippen LogP contribution in [0, 0.1) is 0 Å². The van der Waals surface area contributed by atoms with Gasteiger partial charge in [0.2, 0.25) is 0 Å². The lowest BCUT2D eigenvalue weighted by atomic mass is 10.1. The number of hydrogen-bond acceptors (Lipinski definition) is 4. The number of hydrogen-bond donors (Lipinski definition) is 2. The van der Waals surface area contributed by atoms with Gasteiger partial charge in [-0.2, -0.15) is 0 Å². The maximum Gasteiger partial charge on any atom is 0.191 e. The third kappa shape index (κ3) is 8.34. The summed E-state index contributed by atoms with van der Waals surface area (Å²) in [5.41, 5.74) is 4.45. The summed E-state index contributed by atoms with van der Waals surface area (Å²) >= 11 is 0. The minimum atomic E-state index is 0. The average molecular weight is 534 g/mol. The number of benzene rings is 2. The van der Waals surface area contributed by atoms with Gasteiger partial charge >= 0.3 is 0 Å². The Morgan fingerprint density at radius 3 is 2.32 bits per heavy atom. The molecule has 0 fully saturated rings. The van der Waals surface area contributed by atoms with Crippen LogP contribution in [0.4, 0.5) is 0 Å². The summed E-state index contributed by atoms with van der Waals surface area (Å²) in [4.78, 5) is 4.27. The SMILES string of the molecule is CN=C(NCc1cccc(COCc2ccccc2)c1)NCc1cc(C(C)C)no1.I. The molecule has 166 valence electrons. The van der Waals surface area contributed by atoms with E-state index in [1.165, 1.54) is 11.1 Å². The molecule has 0 radical (unpaired) electrons. The van der Waals surface area contributed by atoms with Gasteiger partial charge in [-0.1, -0.05) is 73.6 Å². The standard InChI is InChI=1S/C24H30N4O2.HI/c1-18(2)23-13-22(30-28-23)15-27-24(25-3)26-14-20-10-7-11-21(12-20)17-29-16-19-8-5-4-6-9-19;/h4-13,18H,14-17H2,1-3H3,(H2,25,26,27);1H. The molecule has 0 atom stereocenters. The van der Waals surface area contributed by atoms with E-state index in [9.17, 15) is 0 Å². The van der Waals surface area contributed by atoms with Crippen LogP contribution in [0.1, 0.15) is 47.9 Å². The van der Waals surface area contributed by atoms with Crippen molar-refractivity contribution in [3.63, 3.8) is 0 Å². The summed E-state index contributed by atoms with van der Waals surface area (Å²) in [5.74, 6) is 1.85. The zero-order valence-electron chi connectivity index (χ0n) is 18.3. The summed E-state index contributed by atoms with van der Waals surface area (Å²) in [6.07, 6.45) is 0. The monoisotopic (exact) mass is 534 g/mol. The maximum absolute atomic E-state index is 5.84. The first kappa shape index (κ1) is 24.9. The Morgan fingerprint density at radius 2 is 1.61 bits per heavy atom. The van der Waals surface area contributed by atoms with E-state index in [4.69, 9.17) is 9.26 Å². The van der Waals surface area contributed by atoms with Crippen LogP contribution in [0.15, 0.2) is 70.2 Å². The molecule has 1 aromatic heterocycles. The highest BCUT2D eigenvalue weighted by Crippen LogP contribution is 2.13. The average Bonchev–Trinajstić information content (AvgIpc) is 3.24. The summed E-state index contributed by atoms with van der Waals surface area (Å²) in [7, 11) is 1.75. The molecule has 0 aliphatic heterocycles. The maximum atomic E-state index is 5.84. The molecule has 3 rings (SSSR count). The predicted octanol–water partition coefficient (Wildman–Crippen LogP) is 5.00. The molecule has 0 saturated heterocycles. The molecule has 3 aromatic rings. The van der Waals surface area contributed by atoms with E-state index in [0.717, 1.165) is 17.0 Å². The minimum absolute atomic E-state index is 0. The van der Waals surface area contributed by atoms with Crippen LogP contribution in [0.3, 0.4) is 0 Å². The molecule has 0 aliphatic rings. The quantitative estimate of drug-likeness (QED) is 0.230. The fourth-order valence-electron chi connectivity index (χ4n) is 2.95. The van der Waals surface area contributed by atoms with Gasteiger partial charge < -0.3 is 19.9 Å². The van der Waals surface area contributed by atoms with Gasteiger partial charge in [-0.05, 0) is 22.6 Å². The predicted molar refractivity (Wildman–Crippen MR) is 134 cm³/mol. The lowest BCUT2D eigenvalue weighted by molar-refractivity contribution is 0.107. The molecule has 0 bridgehead atoms. The van der Waals surface area contributed by atoms with Crippen molar-refractivity contribution in [3.8, 4) is 0 Å². The summed E-state index contributed by atoms with van der Waals surface area (Å²) < 4.78 is 11.2. The second-order valence-corrected chi connectivity index (χ2v) is 7.45. The van der Waals surface area contributed by atoms with E-state index in [1.54, 1.807) is 7.05 Å². The van der Waals surface area contributed by atoms with Crippen LogP contribution >= 0.6 is 24.0 Å². The molecule has 6 nitrogen and oxygen atoms in total. The molecule has 0 saturated carbocycles. The van der Waals surface area contributed by atoms with Gasteiger partial charge in [-0.25, -0.2) is 0 Å². The second kappa shape index (κ2) is 13.1. The van der Waals surface area contributed by atoms with E-state index in [0.29, 0.717) is 38.2 Å². The molecule has 0 spiro atoms. The Bertz CT molecular complexity index is 942. The number of aromatic nitrogens is 1. The van der Waals surface area contributed by atoms with Crippen molar-refractivity contribution in [3.05, 3.63) is 88.8 Å². The lowest BCUT2D eigenvalue weighted by Gasteiger charge is -2.12. The van der Waals surface area contributed by atoms with Crippen molar-refractivity contribution < 1.29 is 9.26 Å². The minimum Gasteiger partial charge on any atom is -0.372 e. The largest absolute Gasteiger partial charge is 0.372 e. The summed E-state index contributed by atoms with van der Waals surface area (Å²) in [6.45, 7) is 6.58. The van der Waals surface area contributed by atoms with E-state index < -0.39 is 0 Å². The highest BCUT2D eigenvalue weighted by atomic mass is 127. The number of aliphatic imine (C=N–C) groups is 1. The molecule has 7 heteroatoms. The zero-order valence-corrected chi connectivity index (χ0v) is 20.6. The van der Waals surface area contributed by atoms with E-state index in [2.05, 4.69) is 71.0 Å². The van der Waals surface area contributed by atoms with Crippen LogP contribution in [-0.2, 0) is 31.0 Å². The third-order valence-corrected chi connectivity index (χ3v) is 4.65. The van der Waals surface area contributed by atoms with Crippen LogP contribution in [0.5, 0.6) is 0 Å². The first-order valence-corrected chi connectivity index (χ1v) is 10.2. The van der Waals surface area contributed by atoms with Crippen LogP contribution in [0.2, 0.25) is 0 Å². The number of nitrogens with one attached hydrogen (secondary N) is 2. The van der Waals surface area contributed by atoms with Crippen molar-refractivity contribution in [2.45, 2.75) is 46.1 Å². The van der Waals surface area contributed by atoms with Crippen molar-refractivity contribution >= 4 is 29.9 Å². The second-order valence-electron chi connectivity index (χ2n) is 7.45. The molecule has 0 amide bonds. The molecule has 2 aromatic carbocycles. The summed E-state index contributed by atoms with van der Waals surface area (Å²) in [6, 6.07) is 20.6. The Labute approximate surface area is 201 Å². The Balaban J connectivity index is 0.00000341. The van der Waals surface area contributed by atoms with Gasteiger partial charge in [0.25, 0.3) is 0 Å². The normalized spacial score (nSPS) is 11.3. The summed E-state index contributed by atoms with van der Waals surface area (Å²) in [5, 5.41) is 10.7. The fraction of sp³-hybridized carbons (Fsp3) is 0.333. The number of rotatable bonds is 9. The molecule has 2 N–H and O–H groups in total. The number of ether oxygens (including phenoxy) is 1. The Kier molecular flexibility index (Phi) is 10.5. The number of guanidine groups is 1. The van der Waals surface area contributed by atoms with Crippen molar-refractivity contribution in [2.75, 3.05) is 7.05 Å². The van der Waals surface area contributed by atoms with Crippen LogP contribution < -0.4 is 10.6 Å². The number of halogens is 1. The van der Waals surface area contributed by atoms with Gasteiger partial charge in [-0.15, -0.1) is 24.0 Å². The first-order valence-electron chi connectivity index (χ1n) is 10.2. The van der Waals surface area contributed by atoms with Gasteiger partial charge in [0.15, 0.2) is 11.7 Å². The van der Waals surface area contributed by atoms with Crippen LogP contribution in [-0.4, -0.2) is 18.2 Å². The molecular weight excluding hydrogens is 503 g/mol.